The molecule has 3 heterocycles. The number of hydrogen-bond donors (Lipinski definition) is 2. The van der Waals surface area contributed by atoms with Crippen molar-refractivity contribution in [3.8, 4) is 56.5 Å². The van der Waals surface area contributed by atoms with Gasteiger partial charge in [0.25, 0.3) is 5.91 Å². The number of amides is 1. The Morgan fingerprint density at radius 3 is 2.28 bits per heavy atom. The number of aromatic nitrogens is 3. The molecule has 0 radical (unpaired) electrons. The van der Waals surface area contributed by atoms with Gasteiger partial charge in [-0.05, 0) is 53.6 Å². The molecule has 2 N–H and O–H groups in total. The molecule has 0 saturated heterocycles. The Bertz CT molecular complexity index is 2390. The topological polar surface area (TPSA) is 146 Å². The van der Waals surface area contributed by atoms with E-state index in [2.05, 4.69) is 19.6 Å². The fourth-order valence-electron chi connectivity index (χ4n) is 5.58. The van der Waals surface area contributed by atoms with E-state index in [1.165, 1.54) is 50.4 Å². The van der Waals surface area contributed by atoms with Crippen LogP contribution < -0.4 is 14.8 Å². The molecule has 280 valence electrons. The van der Waals surface area contributed by atoms with Crippen LogP contribution in [-0.2, 0) is 34.2 Å². The van der Waals surface area contributed by atoms with Gasteiger partial charge >= 0.3 is 18.4 Å². The van der Waals surface area contributed by atoms with Crippen LogP contribution in [0, 0.1) is 12.7 Å². The average molecular weight is 773 g/mol. The van der Waals surface area contributed by atoms with Crippen LogP contribution in [-0.4, -0.2) is 59.5 Å². The lowest BCUT2D eigenvalue weighted by atomic mass is 9.93. The van der Waals surface area contributed by atoms with Gasteiger partial charge in [-0.3, -0.25) is 9.48 Å². The lowest BCUT2D eigenvalue weighted by Gasteiger charge is -2.15. The summed E-state index contributed by atoms with van der Waals surface area (Å²) in [6.07, 6.45) is -8.13. The number of aryl methyl sites for hydroxylation is 2. The van der Waals surface area contributed by atoms with E-state index >= 15 is 13.2 Å². The summed E-state index contributed by atoms with van der Waals surface area (Å²) in [5.74, 6) is -8.62. The van der Waals surface area contributed by atoms with Crippen molar-refractivity contribution in [2.45, 2.75) is 36.8 Å². The molecule has 1 amide bonds. The van der Waals surface area contributed by atoms with Gasteiger partial charge in [0.2, 0.25) is 0 Å². The number of alkyl halides is 7. The molecule has 2 aromatic heterocycles. The van der Waals surface area contributed by atoms with E-state index in [9.17, 15) is 40.3 Å². The van der Waals surface area contributed by atoms with E-state index in [-0.39, 0.29) is 62.4 Å². The van der Waals surface area contributed by atoms with Gasteiger partial charge in [0, 0.05) is 42.5 Å². The lowest BCUT2D eigenvalue weighted by molar-refractivity contribution is -0.286. The van der Waals surface area contributed by atoms with Crippen LogP contribution in [0.5, 0.6) is 11.5 Å². The summed E-state index contributed by atoms with van der Waals surface area (Å²) < 4.78 is 152. The number of halogens is 8. The zero-order chi connectivity index (χ0) is 38.8. The van der Waals surface area contributed by atoms with Gasteiger partial charge in [-0.25, -0.2) is 17.8 Å². The first-order chi connectivity index (χ1) is 24.6. The number of carbonyl (C=O) groups excluding carboxylic acids is 1. The van der Waals surface area contributed by atoms with Crippen LogP contribution in [0.4, 0.5) is 35.1 Å². The van der Waals surface area contributed by atoms with E-state index in [0.717, 1.165) is 34.5 Å². The maximum absolute atomic E-state index is 15.2. The summed E-state index contributed by atoms with van der Waals surface area (Å²) in [7, 11) is -2.88. The molecule has 0 fully saturated rings. The SMILES string of the molecule is Cc1nc(-c2ccc3c(c2)OC(F)(F)O3)c(-c2cc(-c3cc(F)c(CO)c(S(C)(=O)=O)c3)ccc2-c2cc(C(F)(F)C(=O)NCC(F)(F)F)nn2C)o1. The Hall–Kier alpha value is -5.50. The second-order valence-corrected chi connectivity index (χ2v) is 13.8. The normalized spacial score (nSPS) is 14.1. The quantitative estimate of drug-likeness (QED) is 0.160. The van der Waals surface area contributed by atoms with E-state index in [1.54, 1.807) is 0 Å². The van der Waals surface area contributed by atoms with Gasteiger partial charge in [0.05, 0.1) is 17.2 Å². The maximum Gasteiger partial charge on any atom is 0.586 e. The molecule has 0 spiro atoms. The summed E-state index contributed by atoms with van der Waals surface area (Å²) in [4.78, 5) is 16.0. The van der Waals surface area contributed by atoms with Crippen molar-refractivity contribution in [3.63, 3.8) is 0 Å². The van der Waals surface area contributed by atoms with E-state index in [0.29, 0.717) is 0 Å². The molecule has 0 saturated carbocycles. The van der Waals surface area contributed by atoms with Crippen LogP contribution in [0.2, 0.25) is 0 Å². The van der Waals surface area contributed by atoms with Crippen molar-refractivity contribution in [1.29, 1.82) is 0 Å². The van der Waals surface area contributed by atoms with E-state index in [4.69, 9.17) is 4.42 Å². The van der Waals surface area contributed by atoms with Gasteiger partial charge in [-0.15, -0.1) is 8.78 Å². The third-order valence-electron chi connectivity index (χ3n) is 7.93. The number of nitrogens with zero attached hydrogens (tertiary/aromatic N) is 3. The number of aliphatic hydroxyl groups is 1. The minimum absolute atomic E-state index is 0.000371. The van der Waals surface area contributed by atoms with Crippen molar-refractivity contribution < 1.29 is 67.3 Å². The zero-order valence-electron chi connectivity index (χ0n) is 27.3. The third kappa shape index (κ3) is 7.28. The molecule has 1 aliphatic heterocycles. The molecule has 5 aromatic rings. The Kier molecular flexibility index (Phi) is 9.05. The maximum atomic E-state index is 15.2. The second-order valence-electron chi connectivity index (χ2n) is 11.8. The molecular formula is C33H24F8N4O7S. The first kappa shape index (κ1) is 37.3. The van der Waals surface area contributed by atoms with Gasteiger partial charge in [-0.2, -0.15) is 27.1 Å². The van der Waals surface area contributed by atoms with Crippen LogP contribution in [0.25, 0.3) is 45.0 Å². The summed E-state index contributed by atoms with van der Waals surface area (Å²) >= 11 is 0. The summed E-state index contributed by atoms with van der Waals surface area (Å²) in [5, 5.41) is 14.5. The fraction of sp³-hybridized carbons (Fsp3) is 0.242. The van der Waals surface area contributed by atoms with Gasteiger partial charge in [-0.1, -0.05) is 12.1 Å². The molecular weight excluding hydrogens is 748 g/mol. The number of oxazole rings is 1. The van der Waals surface area contributed by atoms with E-state index < -0.39 is 69.3 Å². The highest BCUT2D eigenvalue weighted by atomic mass is 32.2. The molecule has 0 bridgehead atoms. The van der Waals surface area contributed by atoms with Crippen LogP contribution in [0.3, 0.4) is 0 Å². The molecule has 3 aromatic carbocycles. The van der Waals surface area contributed by atoms with Gasteiger partial charge in [0.15, 0.2) is 33.0 Å². The summed E-state index contributed by atoms with van der Waals surface area (Å²) in [6.45, 7) is -1.54. The summed E-state index contributed by atoms with van der Waals surface area (Å²) in [6, 6.07) is 10.5. The molecule has 0 unspecified atom stereocenters. The number of aliphatic hydroxyl groups excluding tert-OH is 1. The number of carbonyl (C=O) groups is 1. The number of benzene rings is 3. The Balaban J connectivity index is 1.55. The molecule has 6 rings (SSSR count). The minimum atomic E-state index is -4.98. The molecule has 11 nitrogen and oxygen atoms in total. The van der Waals surface area contributed by atoms with Crippen molar-refractivity contribution in [3.05, 3.63) is 77.6 Å². The third-order valence-corrected chi connectivity index (χ3v) is 9.09. The molecule has 53 heavy (non-hydrogen) atoms. The minimum Gasteiger partial charge on any atom is -0.440 e. The predicted octanol–water partition coefficient (Wildman–Crippen LogP) is 6.51. The zero-order valence-corrected chi connectivity index (χ0v) is 28.1. The summed E-state index contributed by atoms with van der Waals surface area (Å²) in [5.41, 5.74) is -1.57. The number of fused-ring (bicyclic) bond motifs is 1. The fourth-order valence-corrected chi connectivity index (χ4v) is 6.53. The largest absolute Gasteiger partial charge is 0.586 e. The standard InChI is InChI=1S/C33H24F8N4O7S/c1-15-43-28(17-5-7-24-25(10-17)52-33(40,41)51-24)29(50-15)20-8-16(18-9-22(34)21(13-46)26(11-18)53(3,48)49)4-6-19(20)23-12-27(44-45(23)2)32(38,39)30(47)42-14-31(35,36)37/h4-12,46H,13-14H2,1-3H3,(H,42,47). The highest BCUT2D eigenvalue weighted by molar-refractivity contribution is 7.90. The first-order valence-corrected chi connectivity index (χ1v) is 16.9. The van der Waals surface area contributed by atoms with Crippen LogP contribution >= 0.6 is 0 Å². The number of ether oxygens (including phenoxy) is 2. The molecule has 0 aliphatic carbocycles. The number of nitrogens with one attached hydrogen (secondary N) is 1. The number of sulfone groups is 1. The second kappa shape index (κ2) is 12.9. The molecule has 0 atom stereocenters. The van der Waals surface area contributed by atoms with Gasteiger partial charge < -0.3 is 24.3 Å². The number of hydrogen-bond acceptors (Lipinski definition) is 9. The van der Waals surface area contributed by atoms with Crippen molar-refractivity contribution in [2.75, 3.05) is 12.8 Å². The molecule has 1 aliphatic rings. The highest BCUT2D eigenvalue weighted by Crippen LogP contribution is 2.46. The highest BCUT2D eigenvalue weighted by Gasteiger charge is 2.46. The van der Waals surface area contributed by atoms with Crippen molar-refractivity contribution >= 4 is 15.7 Å². The Morgan fingerprint density at radius 1 is 0.943 bits per heavy atom. The predicted molar refractivity (Wildman–Crippen MR) is 168 cm³/mol. The lowest BCUT2D eigenvalue weighted by Crippen LogP contribution is -2.42. The van der Waals surface area contributed by atoms with Crippen molar-refractivity contribution in [1.82, 2.24) is 20.1 Å². The van der Waals surface area contributed by atoms with Gasteiger partial charge in [0.1, 0.15) is 23.7 Å². The van der Waals surface area contributed by atoms with Crippen LogP contribution in [0.1, 0.15) is 17.1 Å². The van der Waals surface area contributed by atoms with Crippen molar-refractivity contribution in [2.24, 2.45) is 7.05 Å². The Morgan fingerprint density at radius 2 is 1.62 bits per heavy atom. The first-order valence-electron chi connectivity index (χ1n) is 15.0. The monoisotopic (exact) mass is 772 g/mol. The smallest absolute Gasteiger partial charge is 0.440 e. The van der Waals surface area contributed by atoms with E-state index in [1.807, 2.05) is 0 Å². The number of rotatable bonds is 9. The average Bonchev–Trinajstić information content (AvgIpc) is 3.74. The Labute approximate surface area is 293 Å². The molecule has 20 heteroatoms. The van der Waals surface area contributed by atoms with Crippen LogP contribution in [0.15, 0.2) is 63.9 Å².